The Labute approximate surface area is 158 Å². The summed E-state index contributed by atoms with van der Waals surface area (Å²) >= 11 is 6.01. The number of methoxy groups -OCH3 is 1. The molecule has 0 saturated heterocycles. The van der Waals surface area contributed by atoms with Crippen LogP contribution in [0.15, 0.2) is 60.8 Å². The molecule has 0 radical (unpaired) electrons. The summed E-state index contributed by atoms with van der Waals surface area (Å²) in [6.45, 7) is 1.36. The van der Waals surface area contributed by atoms with Crippen molar-refractivity contribution in [2.24, 2.45) is 0 Å². The van der Waals surface area contributed by atoms with Gasteiger partial charge in [-0.15, -0.1) is 0 Å². The van der Waals surface area contributed by atoms with E-state index in [4.69, 9.17) is 16.3 Å². The average Bonchev–Trinajstić information content (AvgIpc) is 2.67. The second-order valence-electron chi connectivity index (χ2n) is 5.74. The van der Waals surface area contributed by atoms with Gasteiger partial charge in [0.25, 0.3) is 0 Å². The van der Waals surface area contributed by atoms with Crippen molar-refractivity contribution in [3.8, 4) is 5.75 Å². The van der Waals surface area contributed by atoms with Gasteiger partial charge in [0.2, 0.25) is 5.95 Å². The number of anilines is 2. The fraction of sp³-hybridized carbons (Fsp3) is 0.200. The highest BCUT2D eigenvalue weighted by Gasteiger charge is 2.03. The van der Waals surface area contributed by atoms with Crippen molar-refractivity contribution < 1.29 is 4.74 Å². The molecule has 2 N–H and O–H groups in total. The zero-order valence-corrected chi connectivity index (χ0v) is 15.3. The van der Waals surface area contributed by atoms with Crippen LogP contribution in [0.2, 0.25) is 5.02 Å². The number of benzene rings is 2. The molecule has 0 spiro atoms. The van der Waals surface area contributed by atoms with E-state index in [2.05, 4.69) is 26.7 Å². The first-order valence-corrected chi connectivity index (χ1v) is 8.79. The largest absolute Gasteiger partial charge is 0.496 e. The minimum absolute atomic E-state index is 0.594. The van der Waals surface area contributed by atoms with E-state index in [9.17, 15) is 0 Å². The summed E-state index contributed by atoms with van der Waals surface area (Å²) in [5.74, 6) is 2.21. The predicted octanol–water partition coefficient (Wildman–Crippen LogP) is 4.41. The molecule has 0 atom stereocenters. The van der Waals surface area contributed by atoms with Crippen LogP contribution in [0.25, 0.3) is 0 Å². The SMILES string of the molecule is COc1ccccc1CNc1ccnc(NCCc2cccc(Cl)c2)n1. The van der Waals surface area contributed by atoms with Crippen LogP contribution in [0.5, 0.6) is 5.75 Å². The molecule has 0 aliphatic heterocycles. The van der Waals surface area contributed by atoms with Crippen LogP contribution >= 0.6 is 11.6 Å². The van der Waals surface area contributed by atoms with E-state index in [1.807, 2.05) is 48.5 Å². The molecule has 0 amide bonds. The second kappa shape index (κ2) is 9.06. The van der Waals surface area contributed by atoms with E-state index in [0.29, 0.717) is 12.5 Å². The predicted molar refractivity (Wildman–Crippen MR) is 106 cm³/mol. The van der Waals surface area contributed by atoms with Gasteiger partial charge >= 0.3 is 0 Å². The Morgan fingerprint density at radius 3 is 2.77 bits per heavy atom. The lowest BCUT2D eigenvalue weighted by Crippen LogP contribution is -2.09. The fourth-order valence-electron chi connectivity index (χ4n) is 2.59. The first-order chi connectivity index (χ1) is 12.7. The van der Waals surface area contributed by atoms with Crippen molar-refractivity contribution in [3.05, 3.63) is 76.9 Å². The highest BCUT2D eigenvalue weighted by Crippen LogP contribution is 2.18. The van der Waals surface area contributed by atoms with Gasteiger partial charge in [-0.3, -0.25) is 0 Å². The Morgan fingerprint density at radius 2 is 1.92 bits per heavy atom. The minimum Gasteiger partial charge on any atom is -0.496 e. The lowest BCUT2D eigenvalue weighted by atomic mass is 10.1. The Morgan fingerprint density at radius 1 is 1.04 bits per heavy atom. The number of hydrogen-bond donors (Lipinski definition) is 2. The standard InChI is InChI=1S/C20H21ClN4O/c1-26-18-8-3-2-6-16(18)14-24-19-10-12-23-20(25-19)22-11-9-15-5-4-7-17(21)13-15/h2-8,10,12-13H,9,11,14H2,1H3,(H2,22,23,24,25). The van der Waals surface area contributed by atoms with Gasteiger partial charge in [-0.2, -0.15) is 4.98 Å². The third-order valence-corrected chi connectivity index (χ3v) is 4.13. The third-order valence-electron chi connectivity index (χ3n) is 3.89. The van der Waals surface area contributed by atoms with E-state index in [1.54, 1.807) is 13.3 Å². The van der Waals surface area contributed by atoms with Gasteiger partial charge in [0.1, 0.15) is 11.6 Å². The van der Waals surface area contributed by atoms with Crippen molar-refractivity contribution in [2.75, 3.05) is 24.3 Å². The molecule has 0 saturated carbocycles. The van der Waals surface area contributed by atoms with Crippen LogP contribution in [0, 0.1) is 0 Å². The first-order valence-electron chi connectivity index (χ1n) is 8.42. The van der Waals surface area contributed by atoms with Gasteiger partial charge in [0, 0.05) is 29.9 Å². The highest BCUT2D eigenvalue weighted by atomic mass is 35.5. The van der Waals surface area contributed by atoms with Crippen molar-refractivity contribution in [1.29, 1.82) is 0 Å². The molecule has 0 unspecified atom stereocenters. The smallest absolute Gasteiger partial charge is 0.224 e. The van der Waals surface area contributed by atoms with Gasteiger partial charge in [-0.25, -0.2) is 4.98 Å². The quantitative estimate of drug-likeness (QED) is 0.617. The zero-order valence-electron chi connectivity index (χ0n) is 14.6. The van der Waals surface area contributed by atoms with E-state index >= 15 is 0 Å². The molecule has 6 heteroatoms. The number of aromatic nitrogens is 2. The van der Waals surface area contributed by atoms with Crippen molar-refractivity contribution in [2.45, 2.75) is 13.0 Å². The van der Waals surface area contributed by atoms with Crippen LogP contribution < -0.4 is 15.4 Å². The van der Waals surface area contributed by atoms with Crippen molar-refractivity contribution >= 4 is 23.4 Å². The molecule has 2 aromatic carbocycles. The maximum absolute atomic E-state index is 6.01. The molecular formula is C20H21ClN4O. The van der Waals surface area contributed by atoms with E-state index in [0.717, 1.165) is 35.1 Å². The Kier molecular flexibility index (Phi) is 6.28. The highest BCUT2D eigenvalue weighted by molar-refractivity contribution is 6.30. The van der Waals surface area contributed by atoms with E-state index < -0.39 is 0 Å². The van der Waals surface area contributed by atoms with E-state index in [-0.39, 0.29) is 0 Å². The third kappa shape index (κ3) is 5.10. The molecule has 0 aliphatic carbocycles. The number of nitrogens with one attached hydrogen (secondary N) is 2. The summed E-state index contributed by atoms with van der Waals surface area (Å²) in [5.41, 5.74) is 2.25. The Bertz CT molecular complexity index is 856. The lowest BCUT2D eigenvalue weighted by Gasteiger charge is -2.11. The molecule has 0 aliphatic rings. The zero-order chi connectivity index (χ0) is 18.2. The Balaban J connectivity index is 1.54. The Hall–Kier alpha value is -2.79. The molecule has 1 heterocycles. The van der Waals surface area contributed by atoms with Gasteiger partial charge < -0.3 is 15.4 Å². The van der Waals surface area contributed by atoms with Crippen LogP contribution in [-0.2, 0) is 13.0 Å². The molecule has 3 rings (SSSR count). The number of para-hydroxylation sites is 1. The van der Waals surface area contributed by atoms with Crippen molar-refractivity contribution in [3.63, 3.8) is 0 Å². The summed E-state index contributed by atoms with van der Waals surface area (Å²) in [7, 11) is 1.67. The van der Waals surface area contributed by atoms with Gasteiger partial charge in [-0.1, -0.05) is 41.9 Å². The van der Waals surface area contributed by atoms with Crippen LogP contribution in [0.4, 0.5) is 11.8 Å². The molecule has 5 nitrogen and oxygen atoms in total. The van der Waals surface area contributed by atoms with Gasteiger partial charge in [0.05, 0.1) is 7.11 Å². The van der Waals surface area contributed by atoms with Gasteiger partial charge in [-0.05, 0) is 36.2 Å². The first kappa shape index (κ1) is 18.0. The topological polar surface area (TPSA) is 59.1 Å². The molecule has 0 bridgehead atoms. The molecule has 0 fully saturated rings. The summed E-state index contributed by atoms with van der Waals surface area (Å²) in [5, 5.41) is 7.30. The summed E-state index contributed by atoms with van der Waals surface area (Å²) in [6, 6.07) is 17.6. The molecular weight excluding hydrogens is 348 g/mol. The molecule has 3 aromatic rings. The van der Waals surface area contributed by atoms with Crippen molar-refractivity contribution in [1.82, 2.24) is 9.97 Å². The van der Waals surface area contributed by atoms with E-state index in [1.165, 1.54) is 5.56 Å². The summed E-state index contributed by atoms with van der Waals surface area (Å²) in [6.07, 6.45) is 2.59. The second-order valence-corrected chi connectivity index (χ2v) is 6.17. The van der Waals surface area contributed by atoms with Gasteiger partial charge in [0.15, 0.2) is 0 Å². The minimum atomic E-state index is 0.594. The number of rotatable bonds is 8. The molecule has 26 heavy (non-hydrogen) atoms. The number of hydrogen-bond acceptors (Lipinski definition) is 5. The molecule has 134 valence electrons. The monoisotopic (exact) mass is 368 g/mol. The fourth-order valence-corrected chi connectivity index (χ4v) is 2.80. The lowest BCUT2D eigenvalue weighted by molar-refractivity contribution is 0.410. The van der Waals surface area contributed by atoms with Crippen LogP contribution in [0.1, 0.15) is 11.1 Å². The summed E-state index contributed by atoms with van der Waals surface area (Å²) < 4.78 is 5.37. The summed E-state index contributed by atoms with van der Waals surface area (Å²) in [4.78, 5) is 8.76. The maximum Gasteiger partial charge on any atom is 0.224 e. The van der Waals surface area contributed by atoms with Crippen LogP contribution in [0.3, 0.4) is 0 Å². The van der Waals surface area contributed by atoms with Crippen LogP contribution in [-0.4, -0.2) is 23.6 Å². The normalized spacial score (nSPS) is 10.4. The number of ether oxygens (including phenoxy) is 1. The number of nitrogens with zero attached hydrogens (tertiary/aromatic N) is 2. The number of halogens is 1. The maximum atomic E-state index is 6.01. The molecule has 1 aromatic heterocycles. The average molecular weight is 369 g/mol.